The maximum absolute atomic E-state index is 13.5. The zero-order chi connectivity index (χ0) is 24.8. The lowest BCUT2D eigenvalue weighted by Gasteiger charge is -2.23. The maximum Gasteiger partial charge on any atom is 0.305 e. The molecular weight excluding hydrogens is 448 g/mol. The van der Waals surface area contributed by atoms with Gasteiger partial charge >= 0.3 is 5.97 Å². The van der Waals surface area contributed by atoms with E-state index in [0.29, 0.717) is 6.42 Å². The molecule has 2 aromatic carbocycles. The van der Waals surface area contributed by atoms with Gasteiger partial charge in [0, 0.05) is 25.7 Å². The third kappa shape index (κ3) is 6.74. The normalized spacial score (nSPS) is 12.0. The fourth-order valence-electron chi connectivity index (χ4n) is 3.61. The third-order valence-corrected chi connectivity index (χ3v) is 7.32. The number of benzene rings is 2. The van der Waals surface area contributed by atoms with E-state index in [1.807, 2.05) is 48.5 Å². The Morgan fingerprint density at radius 1 is 0.912 bits per heavy atom. The summed E-state index contributed by atoms with van der Waals surface area (Å²) in [5.41, 5.74) is 3.90. The quantitative estimate of drug-likeness (QED) is 0.408. The minimum atomic E-state index is -3.83. The number of pyridine rings is 1. The van der Waals surface area contributed by atoms with Crippen molar-refractivity contribution in [3.63, 3.8) is 0 Å². The zero-order valence-electron chi connectivity index (χ0n) is 20.2. The fraction of sp³-hybridized carbons (Fsp3) is 0.333. The molecular formula is C27H32N2O4S. The van der Waals surface area contributed by atoms with Crippen LogP contribution in [0.5, 0.6) is 0 Å². The van der Waals surface area contributed by atoms with Crippen molar-refractivity contribution < 1.29 is 17.9 Å². The Hall–Kier alpha value is -3.03. The number of carbonyl (C=O) groups excluding carboxylic acids is 1. The average molecular weight is 481 g/mol. The van der Waals surface area contributed by atoms with Crippen LogP contribution in [0.15, 0.2) is 78.0 Å². The summed E-state index contributed by atoms with van der Waals surface area (Å²) in [6, 6.07) is 20.6. The van der Waals surface area contributed by atoms with E-state index in [4.69, 9.17) is 4.74 Å². The first-order valence-electron chi connectivity index (χ1n) is 11.2. The van der Waals surface area contributed by atoms with Crippen LogP contribution in [0.25, 0.3) is 0 Å². The molecule has 0 saturated carbocycles. The molecule has 7 heteroatoms. The maximum atomic E-state index is 13.5. The molecule has 1 aromatic heterocycles. The second kappa shape index (κ2) is 10.9. The summed E-state index contributed by atoms with van der Waals surface area (Å²) in [6.45, 7) is 6.84. The number of rotatable bonds is 9. The molecule has 34 heavy (non-hydrogen) atoms. The highest BCUT2D eigenvalue weighted by Gasteiger charge is 2.26. The van der Waals surface area contributed by atoms with Gasteiger partial charge in [0.05, 0.1) is 7.11 Å². The van der Waals surface area contributed by atoms with E-state index in [2.05, 4.69) is 25.8 Å². The minimum Gasteiger partial charge on any atom is -0.469 e. The van der Waals surface area contributed by atoms with E-state index in [0.717, 1.165) is 16.7 Å². The van der Waals surface area contributed by atoms with Gasteiger partial charge in [0.2, 0.25) is 0 Å². The van der Waals surface area contributed by atoms with E-state index >= 15 is 0 Å². The summed E-state index contributed by atoms with van der Waals surface area (Å²) in [7, 11) is -2.46. The second-order valence-corrected chi connectivity index (χ2v) is 11.2. The zero-order valence-corrected chi connectivity index (χ0v) is 21.0. The van der Waals surface area contributed by atoms with Crippen LogP contribution < -0.4 is 0 Å². The highest BCUT2D eigenvalue weighted by atomic mass is 32.2. The average Bonchev–Trinajstić information content (AvgIpc) is 2.82. The number of hydrogen-bond donors (Lipinski definition) is 0. The molecule has 0 fully saturated rings. The van der Waals surface area contributed by atoms with Crippen molar-refractivity contribution in [2.24, 2.45) is 0 Å². The van der Waals surface area contributed by atoms with Gasteiger partial charge in [-0.2, -0.15) is 4.31 Å². The Kier molecular flexibility index (Phi) is 8.23. The van der Waals surface area contributed by atoms with E-state index in [1.54, 1.807) is 12.1 Å². The molecule has 3 rings (SSSR count). The van der Waals surface area contributed by atoms with E-state index in [1.165, 1.54) is 29.2 Å². The number of carbonyl (C=O) groups is 1. The number of methoxy groups -OCH3 is 1. The molecule has 0 bridgehead atoms. The molecule has 0 spiro atoms. The van der Waals surface area contributed by atoms with Crippen LogP contribution in [0.4, 0.5) is 0 Å². The molecule has 180 valence electrons. The summed E-state index contributed by atoms with van der Waals surface area (Å²) < 4.78 is 33.2. The van der Waals surface area contributed by atoms with Crippen LogP contribution in [0, 0.1) is 0 Å². The fourth-order valence-corrected chi connectivity index (χ4v) is 4.95. The summed E-state index contributed by atoms with van der Waals surface area (Å²) in [4.78, 5) is 15.6. The number of ether oxygens (including phenoxy) is 1. The number of sulfonamides is 1. The van der Waals surface area contributed by atoms with Crippen LogP contribution >= 0.6 is 0 Å². The van der Waals surface area contributed by atoms with Crippen molar-refractivity contribution in [1.82, 2.24) is 9.29 Å². The highest BCUT2D eigenvalue weighted by Crippen LogP contribution is 2.24. The standard InChI is InChI=1S/C27H32N2O4S/c1-27(2,3)24-14-11-22(12-15-24)19-29(34(31,32)25-10-5-6-17-28-25)20-23-9-7-8-21(18-23)13-16-26(30)33-4/h5-12,14-15,17-18H,13,16,19-20H2,1-4H3. The van der Waals surface area contributed by atoms with Crippen molar-refractivity contribution in [1.29, 1.82) is 0 Å². The van der Waals surface area contributed by atoms with Gasteiger partial charge in [-0.05, 0) is 46.2 Å². The lowest BCUT2D eigenvalue weighted by Crippen LogP contribution is -2.31. The topological polar surface area (TPSA) is 76.6 Å². The molecule has 3 aromatic rings. The Morgan fingerprint density at radius 3 is 2.21 bits per heavy atom. The van der Waals surface area contributed by atoms with Gasteiger partial charge in [-0.25, -0.2) is 13.4 Å². The minimum absolute atomic E-state index is 0.0168. The first kappa shape index (κ1) is 25.6. The van der Waals surface area contributed by atoms with Crippen LogP contribution in [-0.4, -0.2) is 30.8 Å². The van der Waals surface area contributed by atoms with Crippen molar-refractivity contribution in [2.45, 2.75) is 57.1 Å². The molecule has 0 N–H and O–H groups in total. The summed E-state index contributed by atoms with van der Waals surface area (Å²) in [5.74, 6) is -0.275. The van der Waals surface area contributed by atoms with Gasteiger partial charge in [0.15, 0.2) is 5.03 Å². The van der Waals surface area contributed by atoms with Gasteiger partial charge < -0.3 is 4.74 Å². The van der Waals surface area contributed by atoms with Gasteiger partial charge in [-0.1, -0.05) is 75.4 Å². The van der Waals surface area contributed by atoms with E-state index in [9.17, 15) is 13.2 Å². The Morgan fingerprint density at radius 2 is 1.59 bits per heavy atom. The summed E-state index contributed by atoms with van der Waals surface area (Å²) in [6.07, 6.45) is 2.29. The second-order valence-electron chi connectivity index (χ2n) is 9.28. The predicted molar refractivity (Wildman–Crippen MR) is 133 cm³/mol. The Balaban J connectivity index is 1.89. The van der Waals surface area contributed by atoms with E-state index in [-0.39, 0.29) is 35.9 Å². The number of hydrogen-bond acceptors (Lipinski definition) is 5. The van der Waals surface area contributed by atoms with Gasteiger partial charge in [-0.3, -0.25) is 4.79 Å². The largest absolute Gasteiger partial charge is 0.469 e. The number of aromatic nitrogens is 1. The van der Waals surface area contributed by atoms with Gasteiger partial charge in [0.1, 0.15) is 0 Å². The van der Waals surface area contributed by atoms with Crippen LogP contribution in [-0.2, 0) is 44.5 Å². The molecule has 0 radical (unpaired) electrons. The molecule has 0 aliphatic carbocycles. The van der Waals surface area contributed by atoms with Crippen molar-refractivity contribution in [2.75, 3.05) is 7.11 Å². The number of aryl methyl sites for hydroxylation is 1. The molecule has 0 aliphatic rings. The molecule has 6 nitrogen and oxygen atoms in total. The predicted octanol–water partition coefficient (Wildman–Crippen LogP) is 4.88. The lowest BCUT2D eigenvalue weighted by molar-refractivity contribution is -0.140. The molecule has 1 heterocycles. The van der Waals surface area contributed by atoms with E-state index < -0.39 is 10.0 Å². The van der Waals surface area contributed by atoms with Crippen LogP contribution in [0.1, 0.15) is 49.4 Å². The molecule has 0 aliphatic heterocycles. The molecule has 0 unspecified atom stereocenters. The SMILES string of the molecule is COC(=O)CCc1cccc(CN(Cc2ccc(C(C)(C)C)cc2)S(=O)(=O)c2ccccn2)c1. The summed E-state index contributed by atoms with van der Waals surface area (Å²) in [5, 5.41) is 0.0168. The molecule has 0 atom stereocenters. The van der Waals surface area contributed by atoms with Crippen molar-refractivity contribution in [3.8, 4) is 0 Å². The smallest absolute Gasteiger partial charge is 0.305 e. The lowest BCUT2D eigenvalue weighted by atomic mass is 9.87. The highest BCUT2D eigenvalue weighted by molar-refractivity contribution is 7.89. The van der Waals surface area contributed by atoms with Crippen molar-refractivity contribution in [3.05, 3.63) is 95.2 Å². The monoisotopic (exact) mass is 480 g/mol. The third-order valence-electron chi connectivity index (χ3n) is 5.62. The summed E-state index contributed by atoms with van der Waals surface area (Å²) >= 11 is 0. The number of nitrogens with zero attached hydrogens (tertiary/aromatic N) is 2. The van der Waals surface area contributed by atoms with Crippen molar-refractivity contribution >= 4 is 16.0 Å². The Bertz CT molecular complexity index is 1200. The molecule has 0 saturated heterocycles. The van der Waals surface area contributed by atoms with Gasteiger partial charge in [-0.15, -0.1) is 0 Å². The van der Waals surface area contributed by atoms with Gasteiger partial charge in [0.25, 0.3) is 10.0 Å². The Labute approximate surface area is 202 Å². The first-order valence-corrected chi connectivity index (χ1v) is 12.7. The number of esters is 1. The molecule has 0 amide bonds. The van der Waals surface area contributed by atoms with Crippen LogP contribution in [0.3, 0.4) is 0 Å². The van der Waals surface area contributed by atoms with Crippen LogP contribution in [0.2, 0.25) is 0 Å². The first-order chi connectivity index (χ1) is 16.1.